The molecule has 0 aromatic carbocycles. The Bertz CT molecular complexity index is 241. The second-order valence-corrected chi connectivity index (χ2v) is 3.93. The van der Waals surface area contributed by atoms with Gasteiger partial charge in [-0.3, -0.25) is 0 Å². The lowest BCUT2D eigenvalue weighted by Gasteiger charge is -2.35. The predicted octanol–water partition coefficient (Wildman–Crippen LogP) is -0.941. The lowest BCUT2D eigenvalue weighted by atomic mass is 9.89. The van der Waals surface area contributed by atoms with Gasteiger partial charge in [-0.25, -0.2) is 0 Å². The third-order valence-electron chi connectivity index (χ3n) is 2.78. The topological polar surface area (TPSA) is 76.0 Å². The lowest BCUT2D eigenvalue weighted by Crippen LogP contribution is -2.50. The Morgan fingerprint density at radius 3 is 2.79 bits per heavy atom. The first-order valence-electron chi connectivity index (χ1n) is 4.72. The van der Waals surface area contributed by atoms with Crippen molar-refractivity contribution in [1.82, 2.24) is 0 Å². The molecule has 0 saturated carbocycles. The third kappa shape index (κ3) is 1.56. The van der Waals surface area contributed by atoms with Crippen molar-refractivity contribution in [3.63, 3.8) is 0 Å². The molecular formula is C9H14O5. The van der Waals surface area contributed by atoms with Gasteiger partial charge in [0.25, 0.3) is 0 Å². The molecule has 5 nitrogen and oxygen atoms in total. The van der Waals surface area contributed by atoms with Crippen LogP contribution in [0.5, 0.6) is 0 Å². The van der Waals surface area contributed by atoms with Gasteiger partial charge >= 0.3 is 0 Å². The highest BCUT2D eigenvalue weighted by molar-refractivity contribution is 5.75. The van der Waals surface area contributed by atoms with E-state index >= 15 is 0 Å². The number of ether oxygens (including phenoxy) is 2. The van der Waals surface area contributed by atoms with E-state index in [9.17, 15) is 15.0 Å². The van der Waals surface area contributed by atoms with Gasteiger partial charge in [0.05, 0.1) is 12.7 Å². The molecule has 2 aliphatic heterocycles. The van der Waals surface area contributed by atoms with Gasteiger partial charge in [-0.05, 0) is 6.92 Å². The average Bonchev–Trinajstić information content (AvgIpc) is 2.55. The first kappa shape index (κ1) is 10.0. The number of Topliss-reactive ketones (excluding diaryl/α,β-unsaturated/α-hetero) is 1. The van der Waals surface area contributed by atoms with Crippen LogP contribution in [0.4, 0.5) is 0 Å². The standard InChI is InChI=1S/C9H14O5/c1-4(10)2-5-7(11)8(12)6-3-13-9(5)14-6/h5-9,11-12H,2-3H2,1H3/t5-,6-,7-,8+,9+/m1/s1. The molecule has 80 valence electrons. The van der Waals surface area contributed by atoms with Gasteiger partial charge in [-0.2, -0.15) is 0 Å². The van der Waals surface area contributed by atoms with Gasteiger partial charge in [0.2, 0.25) is 0 Å². The molecule has 2 aliphatic rings. The van der Waals surface area contributed by atoms with E-state index < -0.39 is 30.5 Å². The van der Waals surface area contributed by atoms with Crippen molar-refractivity contribution >= 4 is 5.78 Å². The van der Waals surface area contributed by atoms with Crippen molar-refractivity contribution in [2.45, 2.75) is 37.9 Å². The third-order valence-corrected chi connectivity index (χ3v) is 2.78. The van der Waals surface area contributed by atoms with Gasteiger partial charge in [0.15, 0.2) is 6.29 Å². The molecular weight excluding hydrogens is 188 g/mol. The molecule has 0 radical (unpaired) electrons. The van der Waals surface area contributed by atoms with Crippen molar-refractivity contribution in [1.29, 1.82) is 0 Å². The van der Waals surface area contributed by atoms with E-state index in [4.69, 9.17) is 9.47 Å². The largest absolute Gasteiger partial charge is 0.390 e. The molecule has 0 aromatic rings. The Labute approximate surface area is 81.6 Å². The molecule has 2 rings (SSSR count). The minimum absolute atomic E-state index is 0.0428. The molecule has 14 heavy (non-hydrogen) atoms. The number of fused-ring (bicyclic) bond motifs is 2. The molecule has 5 atom stereocenters. The van der Waals surface area contributed by atoms with Crippen LogP contribution in [-0.2, 0) is 14.3 Å². The van der Waals surface area contributed by atoms with Crippen molar-refractivity contribution < 1.29 is 24.5 Å². The van der Waals surface area contributed by atoms with Crippen LogP contribution in [-0.4, -0.2) is 47.2 Å². The number of rotatable bonds is 2. The maximum atomic E-state index is 10.9. The maximum absolute atomic E-state index is 10.9. The van der Waals surface area contributed by atoms with Crippen LogP contribution in [0.25, 0.3) is 0 Å². The Morgan fingerprint density at radius 2 is 2.14 bits per heavy atom. The second-order valence-electron chi connectivity index (χ2n) is 3.93. The van der Waals surface area contributed by atoms with Gasteiger partial charge in [0.1, 0.15) is 18.0 Å². The van der Waals surface area contributed by atoms with Crippen LogP contribution >= 0.6 is 0 Å². The van der Waals surface area contributed by atoms with E-state index in [1.165, 1.54) is 6.92 Å². The Kier molecular flexibility index (Phi) is 2.57. The monoisotopic (exact) mass is 202 g/mol. The molecule has 0 unspecified atom stereocenters. The highest BCUT2D eigenvalue weighted by Gasteiger charge is 2.49. The first-order valence-corrected chi connectivity index (χ1v) is 4.72. The summed E-state index contributed by atoms with van der Waals surface area (Å²) in [5, 5.41) is 19.3. The summed E-state index contributed by atoms with van der Waals surface area (Å²) < 4.78 is 10.5. The summed E-state index contributed by atoms with van der Waals surface area (Å²) in [6, 6.07) is 0. The quantitative estimate of drug-likeness (QED) is 0.604. The Morgan fingerprint density at radius 1 is 1.43 bits per heavy atom. The normalized spacial score (nSPS) is 46.6. The minimum Gasteiger partial charge on any atom is -0.390 e. The van der Waals surface area contributed by atoms with Crippen LogP contribution in [0.2, 0.25) is 0 Å². The summed E-state index contributed by atoms with van der Waals surface area (Å²) in [5.74, 6) is -0.486. The molecule has 0 spiro atoms. The van der Waals surface area contributed by atoms with Crippen LogP contribution in [0.3, 0.4) is 0 Å². The second kappa shape index (κ2) is 3.58. The maximum Gasteiger partial charge on any atom is 0.164 e. The SMILES string of the molecule is CC(=O)C[C@H]1[C@H]2OC[C@@H](O2)[C@H](O)[C@@H]1O. The molecule has 2 N–H and O–H groups in total. The van der Waals surface area contributed by atoms with Crippen LogP contribution in [0, 0.1) is 5.92 Å². The summed E-state index contributed by atoms with van der Waals surface area (Å²) >= 11 is 0. The van der Waals surface area contributed by atoms with Crippen molar-refractivity contribution in [2.75, 3.05) is 6.61 Å². The van der Waals surface area contributed by atoms with Gasteiger partial charge in [-0.1, -0.05) is 0 Å². The molecule has 0 amide bonds. The molecule has 0 aromatic heterocycles. The minimum atomic E-state index is -0.946. The highest BCUT2D eigenvalue weighted by atomic mass is 16.7. The van der Waals surface area contributed by atoms with Gasteiger partial charge < -0.3 is 24.5 Å². The summed E-state index contributed by atoms with van der Waals surface area (Å²) in [6.07, 6.45) is -2.68. The molecule has 0 aliphatic carbocycles. The number of aliphatic hydroxyl groups is 2. The van der Waals surface area contributed by atoms with Crippen LogP contribution in [0.1, 0.15) is 13.3 Å². The molecule has 2 heterocycles. The van der Waals surface area contributed by atoms with E-state index in [0.29, 0.717) is 0 Å². The van der Waals surface area contributed by atoms with E-state index in [1.807, 2.05) is 0 Å². The fourth-order valence-electron chi connectivity index (χ4n) is 2.03. The number of ketones is 1. The number of carbonyl (C=O) groups is 1. The molecule has 2 bridgehead atoms. The van der Waals surface area contributed by atoms with Crippen LogP contribution in [0.15, 0.2) is 0 Å². The Balaban J connectivity index is 2.10. The number of hydrogen-bond donors (Lipinski definition) is 2. The molecule has 2 saturated heterocycles. The summed E-state index contributed by atoms with van der Waals surface area (Å²) in [6.45, 7) is 1.73. The highest BCUT2D eigenvalue weighted by Crippen LogP contribution is 2.34. The van der Waals surface area contributed by atoms with Gasteiger partial charge in [0, 0.05) is 12.3 Å². The van der Waals surface area contributed by atoms with Crippen LogP contribution < -0.4 is 0 Å². The number of aliphatic hydroxyl groups excluding tert-OH is 2. The van der Waals surface area contributed by atoms with E-state index in [-0.39, 0.29) is 18.8 Å². The summed E-state index contributed by atoms with van der Waals surface area (Å²) in [7, 11) is 0. The Hall–Kier alpha value is -0.490. The van der Waals surface area contributed by atoms with Crippen molar-refractivity contribution in [2.24, 2.45) is 5.92 Å². The van der Waals surface area contributed by atoms with Crippen molar-refractivity contribution in [3.8, 4) is 0 Å². The lowest BCUT2D eigenvalue weighted by molar-refractivity contribution is -0.205. The molecule has 5 heteroatoms. The summed E-state index contributed by atoms with van der Waals surface area (Å²) in [5.41, 5.74) is 0. The van der Waals surface area contributed by atoms with E-state index in [0.717, 1.165) is 0 Å². The average molecular weight is 202 g/mol. The van der Waals surface area contributed by atoms with E-state index in [2.05, 4.69) is 0 Å². The summed E-state index contributed by atoms with van der Waals surface area (Å²) in [4.78, 5) is 10.9. The van der Waals surface area contributed by atoms with Gasteiger partial charge in [-0.15, -0.1) is 0 Å². The zero-order chi connectivity index (χ0) is 10.3. The number of hydrogen-bond acceptors (Lipinski definition) is 5. The van der Waals surface area contributed by atoms with Crippen molar-refractivity contribution in [3.05, 3.63) is 0 Å². The molecule has 2 fully saturated rings. The van der Waals surface area contributed by atoms with E-state index in [1.54, 1.807) is 0 Å². The fourth-order valence-corrected chi connectivity index (χ4v) is 2.03. The fraction of sp³-hybridized carbons (Fsp3) is 0.889. The smallest absolute Gasteiger partial charge is 0.164 e. The first-order chi connectivity index (χ1) is 6.59. The zero-order valence-corrected chi connectivity index (χ0v) is 7.92. The number of carbonyl (C=O) groups excluding carboxylic acids is 1. The predicted molar refractivity (Wildman–Crippen MR) is 45.4 cm³/mol. The zero-order valence-electron chi connectivity index (χ0n) is 7.92.